The Balaban J connectivity index is 1.95. The second kappa shape index (κ2) is 7.22. The number of rotatable bonds is 3. The molecule has 2 heterocycles. The number of hydrogen-bond donors (Lipinski definition) is 1. The zero-order valence-electron chi connectivity index (χ0n) is 15.5. The van der Waals surface area contributed by atoms with Crippen LogP contribution in [0.1, 0.15) is 23.1 Å². The van der Waals surface area contributed by atoms with Gasteiger partial charge in [0.15, 0.2) is 0 Å². The van der Waals surface area contributed by atoms with Crippen molar-refractivity contribution in [2.45, 2.75) is 13.0 Å². The standard InChI is InChI=1S/C22H14F3NO4/c1-11-2-9-17(30-11)19-18(20(27)12-3-5-13(23)6-4-12)21(28)22(29)26(19)16-8-7-14(24)10-15(16)25/h2-10,19,27H,1H3/b20-18-. The van der Waals surface area contributed by atoms with E-state index in [1.54, 1.807) is 13.0 Å². The maximum atomic E-state index is 14.5. The maximum Gasteiger partial charge on any atom is 0.300 e. The molecule has 1 amide bonds. The first kappa shape index (κ1) is 19.5. The Labute approximate surface area is 168 Å². The van der Waals surface area contributed by atoms with Gasteiger partial charge in [-0.1, -0.05) is 0 Å². The van der Waals surface area contributed by atoms with Crippen molar-refractivity contribution in [1.29, 1.82) is 0 Å². The number of anilines is 1. The molecule has 1 unspecified atom stereocenters. The number of aliphatic hydroxyl groups excluding tert-OH is 1. The molecule has 30 heavy (non-hydrogen) atoms. The van der Waals surface area contributed by atoms with Gasteiger partial charge in [-0.25, -0.2) is 13.2 Å². The molecule has 1 atom stereocenters. The number of carbonyl (C=O) groups excluding carboxylic acids is 2. The van der Waals surface area contributed by atoms with Crippen molar-refractivity contribution < 1.29 is 32.3 Å². The number of Topliss-reactive ketones (excluding diaryl/α,β-unsaturated/α-hetero) is 1. The molecule has 0 aliphatic carbocycles. The summed E-state index contributed by atoms with van der Waals surface area (Å²) in [5, 5.41) is 10.8. The Bertz CT molecular complexity index is 1200. The molecule has 152 valence electrons. The van der Waals surface area contributed by atoms with Gasteiger partial charge in [0.05, 0.1) is 11.3 Å². The molecule has 5 nitrogen and oxygen atoms in total. The fourth-order valence-corrected chi connectivity index (χ4v) is 3.39. The van der Waals surface area contributed by atoms with Gasteiger partial charge in [0.1, 0.15) is 40.8 Å². The Morgan fingerprint density at radius 2 is 1.63 bits per heavy atom. The lowest BCUT2D eigenvalue weighted by Crippen LogP contribution is -2.30. The van der Waals surface area contributed by atoms with Gasteiger partial charge in [-0.05, 0) is 55.5 Å². The summed E-state index contributed by atoms with van der Waals surface area (Å²) in [5.41, 5.74) is -0.623. The molecular weight excluding hydrogens is 399 g/mol. The minimum atomic E-state index is -1.30. The summed E-state index contributed by atoms with van der Waals surface area (Å²) >= 11 is 0. The van der Waals surface area contributed by atoms with Crippen LogP contribution in [-0.4, -0.2) is 16.8 Å². The summed E-state index contributed by atoms with van der Waals surface area (Å²) in [6.07, 6.45) is 0. The molecule has 8 heteroatoms. The second-order valence-electron chi connectivity index (χ2n) is 6.72. The first-order valence-electron chi connectivity index (χ1n) is 8.86. The zero-order chi connectivity index (χ0) is 21.6. The third kappa shape index (κ3) is 3.16. The van der Waals surface area contributed by atoms with Crippen molar-refractivity contribution in [2.24, 2.45) is 0 Å². The van der Waals surface area contributed by atoms with Crippen LogP contribution in [0.3, 0.4) is 0 Å². The molecule has 4 rings (SSSR count). The SMILES string of the molecule is Cc1ccc(C2/C(=C(/O)c3ccc(F)cc3)C(=O)C(=O)N2c2ccc(F)cc2F)o1. The molecule has 1 aliphatic rings. The lowest BCUT2D eigenvalue weighted by Gasteiger charge is -2.23. The van der Waals surface area contributed by atoms with E-state index in [9.17, 15) is 27.9 Å². The highest BCUT2D eigenvalue weighted by Gasteiger charge is 2.49. The molecule has 0 radical (unpaired) electrons. The number of hydrogen-bond acceptors (Lipinski definition) is 4. The van der Waals surface area contributed by atoms with Gasteiger partial charge in [-0.3, -0.25) is 14.5 Å². The zero-order valence-corrected chi connectivity index (χ0v) is 15.5. The molecule has 1 aromatic heterocycles. The average Bonchev–Trinajstić information content (AvgIpc) is 3.24. The highest BCUT2D eigenvalue weighted by Crippen LogP contribution is 2.43. The van der Waals surface area contributed by atoms with Gasteiger partial charge in [-0.15, -0.1) is 0 Å². The van der Waals surface area contributed by atoms with E-state index in [1.165, 1.54) is 18.2 Å². The molecule has 1 N–H and O–H groups in total. The van der Waals surface area contributed by atoms with E-state index in [0.29, 0.717) is 11.8 Å². The summed E-state index contributed by atoms with van der Waals surface area (Å²) in [6.45, 7) is 1.63. The van der Waals surface area contributed by atoms with Crippen LogP contribution in [0.15, 0.2) is 64.6 Å². The first-order chi connectivity index (χ1) is 14.3. The van der Waals surface area contributed by atoms with Crippen LogP contribution in [0, 0.1) is 24.4 Å². The molecule has 2 aromatic carbocycles. The lowest BCUT2D eigenvalue weighted by molar-refractivity contribution is -0.132. The van der Waals surface area contributed by atoms with Gasteiger partial charge in [0, 0.05) is 11.6 Å². The third-order valence-electron chi connectivity index (χ3n) is 4.76. The smallest absolute Gasteiger partial charge is 0.300 e. The number of aliphatic hydroxyl groups is 1. The maximum absolute atomic E-state index is 14.5. The molecular formula is C22H14F3NO4. The summed E-state index contributed by atoms with van der Waals surface area (Å²) in [4.78, 5) is 26.4. The van der Waals surface area contributed by atoms with Crippen LogP contribution < -0.4 is 4.90 Å². The summed E-state index contributed by atoms with van der Waals surface area (Å²) in [5.74, 6) is -4.70. The van der Waals surface area contributed by atoms with Crippen LogP contribution >= 0.6 is 0 Å². The van der Waals surface area contributed by atoms with Crippen LogP contribution in [0.2, 0.25) is 0 Å². The predicted octanol–water partition coefficient (Wildman–Crippen LogP) is 4.63. The van der Waals surface area contributed by atoms with Gasteiger partial charge in [-0.2, -0.15) is 0 Å². The van der Waals surface area contributed by atoms with Crippen molar-refractivity contribution in [3.8, 4) is 0 Å². The fourth-order valence-electron chi connectivity index (χ4n) is 3.39. The number of aryl methyl sites for hydroxylation is 1. The number of nitrogens with zero attached hydrogens (tertiary/aromatic N) is 1. The number of benzene rings is 2. The molecule has 1 fully saturated rings. The highest BCUT2D eigenvalue weighted by molar-refractivity contribution is 6.51. The van der Waals surface area contributed by atoms with E-state index in [-0.39, 0.29) is 22.6 Å². The van der Waals surface area contributed by atoms with Crippen LogP contribution in [-0.2, 0) is 9.59 Å². The quantitative estimate of drug-likeness (QED) is 0.386. The normalized spacial score (nSPS) is 18.3. The minimum Gasteiger partial charge on any atom is -0.507 e. The summed E-state index contributed by atoms with van der Waals surface area (Å²) < 4.78 is 46.7. The van der Waals surface area contributed by atoms with Crippen molar-refractivity contribution >= 4 is 23.1 Å². The van der Waals surface area contributed by atoms with E-state index >= 15 is 0 Å². The minimum absolute atomic E-state index is 0.0854. The third-order valence-corrected chi connectivity index (χ3v) is 4.76. The molecule has 0 bridgehead atoms. The van der Waals surface area contributed by atoms with Crippen LogP contribution in [0.5, 0.6) is 0 Å². The number of halogens is 3. The van der Waals surface area contributed by atoms with Gasteiger partial charge in [0.25, 0.3) is 11.7 Å². The topological polar surface area (TPSA) is 70.8 Å². The largest absolute Gasteiger partial charge is 0.507 e. The molecule has 0 spiro atoms. The molecule has 0 saturated carbocycles. The Kier molecular flexibility index (Phi) is 4.69. The molecule has 1 saturated heterocycles. The number of amides is 1. The number of furan rings is 1. The van der Waals surface area contributed by atoms with Crippen LogP contribution in [0.25, 0.3) is 5.76 Å². The van der Waals surface area contributed by atoms with E-state index in [2.05, 4.69) is 0 Å². The molecule has 3 aromatic rings. The van der Waals surface area contributed by atoms with Crippen molar-refractivity contribution in [1.82, 2.24) is 0 Å². The fraction of sp³-hybridized carbons (Fsp3) is 0.0909. The Morgan fingerprint density at radius 3 is 2.23 bits per heavy atom. The van der Waals surface area contributed by atoms with Crippen molar-refractivity contribution in [2.75, 3.05) is 4.90 Å². The Hall–Kier alpha value is -3.81. The summed E-state index contributed by atoms with van der Waals surface area (Å²) in [7, 11) is 0. The van der Waals surface area contributed by atoms with E-state index in [4.69, 9.17) is 4.42 Å². The number of carbonyl (C=O) groups is 2. The van der Waals surface area contributed by atoms with Gasteiger partial charge < -0.3 is 9.52 Å². The average molecular weight is 413 g/mol. The van der Waals surface area contributed by atoms with Crippen molar-refractivity contribution in [3.63, 3.8) is 0 Å². The van der Waals surface area contributed by atoms with Gasteiger partial charge >= 0.3 is 0 Å². The monoisotopic (exact) mass is 413 g/mol. The predicted molar refractivity (Wildman–Crippen MR) is 101 cm³/mol. The summed E-state index contributed by atoms with van der Waals surface area (Å²) in [6, 6.07) is 8.95. The van der Waals surface area contributed by atoms with Gasteiger partial charge in [0.2, 0.25) is 0 Å². The second-order valence-corrected chi connectivity index (χ2v) is 6.72. The highest BCUT2D eigenvalue weighted by atomic mass is 19.1. The van der Waals surface area contributed by atoms with E-state index in [1.807, 2.05) is 0 Å². The first-order valence-corrected chi connectivity index (χ1v) is 8.86. The van der Waals surface area contributed by atoms with E-state index in [0.717, 1.165) is 29.2 Å². The number of ketones is 1. The Morgan fingerprint density at radius 1 is 0.967 bits per heavy atom. The molecule has 1 aliphatic heterocycles. The lowest BCUT2D eigenvalue weighted by atomic mass is 9.99. The van der Waals surface area contributed by atoms with E-state index < -0.39 is 40.9 Å². The van der Waals surface area contributed by atoms with Crippen molar-refractivity contribution in [3.05, 3.63) is 94.7 Å². The van der Waals surface area contributed by atoms with Crippen LogP contribution in [0.4, 0.5) is 18.9 Å².